The number of aliphatic hydroxyl groups is 1. The van der Waals surface area contributed by atoms with Gasteiger partial charge in [0.05, 0.1) is 6.61 Å². The molecule has 3 heteroatoms. The van der Waals surface area contributed by atoms with Crippen molar-refractivity contribution in [2.24, 2.45) is 0 Å². The molecular weight excluding hydrogens is 156 g/mol. The molecule has 1 radical (unpaired) electrons. The second-order valence-electron chi connectivity index (χ2n) is 2.55. The zero-order valence-electron chi connectivity index (χ0n) is 7.79. The highest BCUT2D eigenvalue weighted by Crippen LogP contribution is 1.89. The van der Waals surface area contributed by atoms with Crippen molar-refractivity contribution in [1.29, 1.82) is 0 Å². The summed E-state index contributed by atoms with van der Waals surface area (Å²) in [5, 5.41) is 8.31. The van der Waals surface area contributed by atoms with Gasteiger partial charge in [0.1, 0.15) is 0 Å². The van der Waals surface area contributed by atoms with Crippen LogP contribution in [0.15, 0.2) is 0 Å². The predicted molar refractivity (Wildman–Crippen MR) is 47.4 cm³/mol. The van der Waals surface area contributed by atoms with Gasteiger partial charge in [-0.25, -0.2) is 0 Å². The van der Waals surface area contributed by atoms with Gasteiger partial charge in [-0.2, -0.15) is 0 Å². The van der Waals surface area contributed by atoms with Crippen LogP contribution >= 0.6 is 0 Å². The molecule has 0 amide bonds. The molecule has 0 aromatic carbocycles. The number of aliphatic hydroxyl groups excluding tert-OH is 1. The monoisotopic (exact) mass is 175 g/mol. The van der Waals surface area contributed by atoms with Gasteiger partial charge in [-0.15, -0.1) is 0 Å². The van der Waals surface area contributed by atoms with Gasteiger partial charge in [-0.3, -0.25) is 0 Å². The van der Waals surface area contributed by atoms with E-state index in [0.717, 1.165) is 39.3 Å². The van der Waals surface area contributed by atoms with Gasteiger partial charge in [-0.1, -0.05) is 6.92 Å². The normalized spacial score (nSPS) is 10.5. The first-order valence-corrected chi connectivity index (χ1v) is 4.53. The Hall–Kier alpha value is -0.120. The van der Waals surface area contributed by atoms with E-state index in [0.29, 0.717) is 13.0 Å². The van der Waals surface area contributed by atoms with Crippen LogP contribution in [0.3, 0.4) is 0 Å². The first-order valence-electron chi connectivity index (χ1n) is 4.53. The Morgan fingerprint density at radius 3 is 2.33 bits per heavy atom. The molecule has 0 saturated carbocycles. The summed E-state index contributed by atoms with van der Waals surface area (Å²) in [6.45, 7) is 6.14. The standard InChI is InChI=1S/C9H19O3/c1-2-6-11-8-4-9-12-7-3-5-10/h5,10H,2-4,6-9H2,1H3. The average molecular weight is 175 g/mol. The van der Waals surface area contributed by atoms with E-state index in [1.165, 1.54) is 0 Å². The molecule has 0 aliphatic carbocycles. The second-order valence-corrected chi connectivity index (χ2v) is 2.55. The minimum atomic E-state index is 0.601. The van der Waals surface area contributed by atoms with E-state index in [9.17, 15) is 0 Å². The highest BCUT2D eigenvalue weighted by molar-refractivity contribution is 4.44. The van der Waals surface area contributed by atoms with Gasteiger partial charge in [0.2, 0.25) is 0 Å². The number of ether oxygens (including phenoxy) is 2. The Balaban J connectivity index is 2.73. The van der Waals surface area contributed by atoms with Crippen molar-refractivity contribution in [2.45, 2.75) is 26.2 Å². The maximum absolute atomic E-state index is 8.31. The summed E-state index contributed by atoms with van der Waals surface area (Å²) < 4.78 is 10.4. The van der Waals surface area contributed by atoms with Gasteiger partial charge >= 0.3 is 0 Å². The maximum Gasteiger partial charge on any atom is 0.0821 e. The van der Waals surface area contributed by atoms with Crippen LogP contribution < -0.4 is 0 Å². The SMILES string of the molecule is CCCOCCCOCC[CH]O. The summed E-state index contributed by atoms with van der Waals surface area (Å²) in [7, 11) is 0. The van der Waals surface area contributed by atoms with Crippen molar-refractivity contribution in [3.05, 3.63) is 6.61 Å². The molecule has 0 atom stereocenters. The molecule has 0 aromatic rings. The number of rotatable bonds is 9. The zero-order chi connectivity index (χ0) is 9.07. The van der Waals surface area contributed by atoms with E-state index in [1.807, 2.05) is 0 Å². The molecule has 0 heterocycles. The van der Waals surface area contributed by atoms with Gasteiger partial charge in [0, 0.05) is 26.4 Å². The number of hydrogen-bond acceptors (Lipinski definition) is 3. The van der Waals surface area contributed by atoms with E-state index in [1.54, 1.807) is 0 Å². The molecule has 0 rings (SSSR count). The van der Waals surface area contributed by atoms with Crippen LogP contribution in [0.4, 0.5) is 0 Å². The van der Waals surface area contributed by atoms with Crippen LogP contribution in [0.1, 0.15) is 26.2 Å². The molecular formula is C9H19O3. The summed E-state index contributed by atoms with van der Waals surface area (Å²) in [5.41, 5.74) is 0. The Morgan fingerprint density at radius 2 is 1.75 bits per heavy atom. The fourth-order valence-corrected chi connectivity index (χ4v) is 0.748. The molecule has 0 unspecified atom stereocenters. The molecule has 73 valence electrons. The van der Waals surface area contributed by atoms with E-state index in [4.69, 9.17) is 14.6 Å². The van der Waals surface area contributed by atoms with Crippen molar-refractivity contribution >= 4 is 0 Å². The van der Waals surface area contributed by atoms with Crippen LogP contribution in [0.2, 0.25) is 0 Å². The molecule has 12 heavy (non-hydrogen) atoms. The van der Waals surface area contributed by atoms with E-state index in [-0.39, 0.29) is 0 Å². The molecule has 0 saturated heterocycles. The van der Waals surface area contributed by atoms with Gasteiger partial charge in [0.25, 0.3) is 0 Å². The molecule has 0 aromatic heterocycles. The lowest BCUT2D eigenvalue weighted by molar-refractivity contribution is 0.0809. The Morgan fingerprint density at radius 1 is 1.08 bits per heavy atom. The third kappa shape index (κ3) is 9.88. The van der Waals surface area contributed by atoms with Crippen LogP contribution in [0.5, 0.6) is 0 Å². The van der Waals surface area contributed by atoms with Gasteiger partial charge in [0.15, 0.2) is 0 Å². The van der Waals surface area contributed by atoms with Gasteiger partial charge < -0.3 is 14.6 Å². The maximum atomic E-state index is 8.31. The lowest BCUT2D eigenvalue weighted by Gasteiger charge is -2.03. The van der Waals surface area contributed by atoms with Crippen molar-refractivity contribution in [2.75, 3.05) is 26.4 Å². The topological polar surface area (TPSA) is 38.7 Å². The number of hydrogen-bond donors (Lipinski definition) is 1. The van der Waals surface area contributed by atoms with E-state index < -0.39 is 0 Å². The van der Waals surface area contributed by atoms with Crippen molar-refractivity contribution in [3.8, 4) is 0 Å². The van der Waals surface area contributed by atoms with Crippen LogP contribution in [-0.2, 0) is 9.47 Å². The molecule has 0 fully saturated rings. The Labute approximate surface area is 74.7 Å². The molecule has 1 N–H and O–H groups in total. The fraction of sp³-hybridized carbons (Fsp3) is 0.889. The first kappa shape index (κ1) is 11.9. The van der Waals surface area contributed by atoms with Crippen molar-refractivity contribution < 1.29 is 14.6 Å². The molecule has 0 aliphatic heterocycles. The quantitative estimate of drug-likeness (QED) is 0.542. The summed E-state index contributed by atoms with van der Waals surface area (Å²) in [6.07, 6.45) is 2.61. The van der Waals surface area contributed by atoms with Crippen LogP contribution in [0, 0.1) is 6.61 Å². The Kier molecular flexibility index (Phi) is 10.8. The third-order valence-electron chi connectivity index (χ3n) is 1.32. The minimum absolute atomic E-state index is 0.601. The van der Waals surface area contributed by atoms with E-state index >= 15 is 0 Å². The highest BCUT2D eigenvalue weighted by Gasteiger charge is 1.89. The summed E-state index contributed by atoms with van der Waals surface area (Å²) in [5.74, 6) is 0. The summed E-state index contributed by atoms with van der Waals surface area (Å²) >= 11 is 0. The summed E-state index contributed by atoms with van der Waals surface area (Å²) in [6, 6.07) is 0. The largest absolute Gasteiger partial charge is 0.390 e. The molecule has 0 aliphatic rings. The van der Waals surface area contributed by atoms with Crippen LogP contribution in [-0.4, -0.2) is 31.5 Å². The lowest BCUT2D eigenvalue weighted by Crippen LogP contribution is -2.02. The predicted octanol–water partition coefficient (Wildman–Crippen LogP) is 1.74. The van der Waals surface area contributed by atoms with Crippen molar-refractivity contribution in [3.63, 3.8) is 0 Å². The zero-order valence-corrected chi connectivity index (χ0v) is 7.79. The van der Waals surface area contributed by atoms with Gasteiger partial charge in [-0.05, 0) is 19.3 Å². The Bertz CT molecular complexity index is 66.2. The third-order valence-corrected chi connectivity index (χ3v) is 1.32. The van der Waals surface area contributed by atoms with Crippen LogP contribution in [0.25, 0.3) is 0 Å². The highest BCUT2D eigenvalue weighted by atomic mass is 16.5. The minimum Gasteiger partial charge on any atom is -0.390 e. The average Bonchev–Trinajstić information content (AvgIpc) is 2.10. The van der Waals surface area contributed by atoms with E-state index in [2.05, 4.69) is 6.92 Å². The smallest absolute Gasteiger partial charge is 0.0821 e. The molecule has 3 nitrogen and oxygen atoms in total. The first-order chi connectivity index (χ1) is 5.91. The van der Waals surface area contributed by atoms with Crippen molar-refractivity contribution in [1.82, 2.24) is 0 Å². The molecule has 0 spiro atoms. The second kappa shape index (κ2) is 10.9. The lowest BCUT2D eigenvalue weighted by atomic mass is 10.4. The molecule has 0 bridgehead atoms. The fourth-order valence-electron chi connectivity index (χ4n) is 0.748. The summed E-state index contributed by atoms with van der Waals surface area (Å²) in [4.78, 5) is 0.